The lowest BCUT2D eigenvalue weighted by molar-refractivity contribution is -0.125. The maximum Gasteiger partial charge on any atom is 0.341 e. The van der Waals surface area contributed by atoms with Gasteiger partial charge in [0.2, 0.25) is 0 Å². The lowest BCUT2D eigenvalue weighted by Crippen LogP contribution is -2.27. The van der Waals surface area contributed by atoms with E-state index in [-0.39, 0.29) is 18.1 Å². The Balaban J connectivity index is 2.85. The average molecular weight is 299 g/mol. The fourth-order valence-electron chi connectivity index (χ4n) is 1.51. The van der Waals surface area contributed by atoms with Crippen LogP contribution in [0.4, 0.5) is 5.00 Å². The standard InChI is InChI=1S/C14H21NO4S/c1-8-9(2)20-12(11(8)13(17)18-6)15-10(16)7-19-14(3,4)5/h7H2,1-6H3,(H,15,16). The van der Waals surface area contributed by atoms with Crippen molar-refractivity contribution >= 4 is 28.2 Å². The van der Waals surface area contributed by atoms with Crippen LogP contribution in [-0.2, 0) is 14.3 Å². The van der Waals surface area contributed by atoms with E-state index < -0.39 is 5.97 Å². The lowest BCUT2D eigenvalue weighted by Gasteiger charge is -2.18. The first-order valence-corrected chi connectivity index (χ1v) is 7.09. The summed E-state index contributed by atoms with van der Waals surface area (Å²) in [5.41, 5.74) is 0.858. The molecule has 1 heterocycles. The van der Waals surface area contributed by atoms with Crippen LogP contribution in [0, 0.1) is 13.8 Å². The van der Waals surface area contributed by atoms with Gasteiger partial charge in [-0.15, -0.1) is 11.3 Å². The summed E-state index contributed by atoms with van der Waals surface area (Å²) in [7, 11) is 1.32. The summed E-state index contributed by atoms with van der Waals surface area (Å²) in [5.74, 6) is -0.731. The number of hydrogen-bond donors (Lipinski definition) is 1. The summed E-state index contributed by atoms with van der Waals surface area (Å²) in [5, 5.41) is 3.22. The van der Waals surface area contributed by atoms with Crippen molar-refractivity contribution in [1.82, 2.24) is 0 Å². The van der Waals surface area contributed by atoms with Crippen LogP contribution in [0.2, 0.25) is 0 Å². The highest BCUT2D eigenvalue weighted by atomic mass is 32.1. The number of ether oxygens (including phenoxy) is 2. The van der Waals surface area contributed by atoms with Gasteiger partial charge in [0.15, 0.2) is 0 Å². The van der Waals surface area contributed by atoms with Crippen molar-refractivity contribution in [2.75, 3.05) is 19.0 Å². The van der Waals surface area contributed by atoms with Gasteiger partial charge in [-0.3, -0.25) is 4.79 Å². The molecule has 0 atom stereocenters. The number of methoxy groups -OCH3 is 1. The number of rotatable bonds is 4. The predicted octanol–water partition coefficient (Wildman–Crippen LogP) is 2.91. The first-order valence-electron chi connectivity index (χ1n) is 6.28. The number of hydrogen-bond acceptors (Lipinski definition) is 5. The summed E-state index contributed by atoms with van der Waals surface area (Å²) in [6.45, 7) is 9.30. The molecular weight excluding hydrogens is 278 g/mol. The zero-order valence-electron chi connectivity index (χ0n) is 12.7. The first kappa shape index (κ1) is 16.7. The summed E-state index contributed by atoms with van der Waals surface area (Å²) in [6, 6.07) is 0. The van der Waals surface area contributed by atoms with Gasteiger partial charge in [-0.25, -0.2) is 4.79 Å². The van der Waals surface area contributed by atoms with Crippen molar-refractivity contribution in [2.45, 2.75) is 40.2 Å². The number of esters is 1. The molecule has 1 aromatic heterocycles. The van der Waals surface area contributed by atoms with E-state index in [9.17, 15) is 9.59 Å². The Morgan fingerprint density at radius 2 is 1.85 bits per heavy atom. The van der Waals surface area contributed by atoms with E-state index >= 15 is 0 Å². The van der Waals surface area contributed by atoms with Crippen molar-refractivity contribution in [2.24, 2.45) is 0 Å². The largest absolute Gasteiger partial charge is 0.465 e. The van der Waals surface area contributed by atoms with Crippen molar-refractivity contribution in [3.8, 4) is 0 Å². The maximum atomic E-state index is 11.9. The second-order valence-electron chi connectivity index (χ2n) is 5.43. The van der Waals surface area contributed by atoms with Crippen LogP contribution in [0.5, 0.6) is 0 Å². The molecule has 0 spiro atoms. The Bertz CT molecular complexity index is 514. The molecule has 6 heteroatoms. The Kier molecular flexibility index (Phi) is 5.30. The van der Waals surface area contributed by atoms with E-state index in [0.717, 1.165) is 10.4 Å². The Morgan fingerprint density at radius 1 is 1.25 bits per heavy atom. The van der Waals surface area contributed by atoms with Crippen LogP contribution in [0.15, 0.2) is 0 Å². The third-order valence-corrected chi connectivity index (χ3v) is 3.79. The fourth-order valence-corrected chi connectivity index (χ4v) is 2.57. The van der Waals surface area contributed by atoms with E-state index in [0.29, 0.717) is 10.6 Å². The highest BCUT2D eigenvalue weighted by Crippen LogP contribution is 2.32. The van der Waals surface area contributed by atoms with E-state index in [2.05, 4.69) is 5.32 Å². The normalized spacial score (nSPS) is 11.3. The second kappa shape index (κ2) is 6.37. The molecule has 1 rings (SSSR count). The molecule has 1 amide bonds. The van der Waals surface area contributed by atoms with Crippen molar-refractivity contribution in [1.29, 1.82) is 0 Å². The lowest BCUT2D eigenvalue weighted by atomic mass is 10.1. The topological polar surface area (TPSA) is 64.6 Å². The summed E-state index contributed by atoms with van der Waals surface area (Å²) >= 11 is 1.36. The van der Waals surface area contributed by atoms with Crippen molar-refractivity contribution in [3.05, 3.63) is 16.0 Å². The number of carbonyl (C=O) groups excluding carboxylic acids is 2. The van der Waals surface area contributed by atoms with Gasteiger partial charge in [0.25, 0.3) is 5.91 Å². The smallest absolute Gasteiger partial charge is 0.341 e. The first-order chi connectivity index (χ1) is 9.15. The molecule has 0 aromatic carbocycles. The SMILES string of the molecule is COC(=O)c1c(NC(=O)COC(C)(C)C)sc(C)c1C. The highest BCUT2D eigenvalue weighted by molar-refractivity contribution is 7.16. The van der Waals surface area contributed by atoms with E-state index in [1.54, 1.807) is 0 Å². The fraction of sp³-hybridized carbons (Fsp3) is 0.571. The molecule has 0 radical (unpaired) electrons. The molecule has 0 unspecified atom stereocenters. The second-order valence-corrected chi connectivity index (χ2v) is 6.65. The van der Waals surface area contributed by atoms with E-state index in [1.165, 1.54) is 18.4 Å². The van der Waals surface area contributed by atoms with Gasteiger partial charge in [0.1, 0.15) is 11.6 Å². The van der Waals surface area contributed by atoms with Gasteiger partial charge in [0, 0.05) is 4.88 Å². The molecule has 0 aliphatic rings. The van der Waals surface area contributed by atoms with Crippen LogP contribution < -0.4 is 5.32 Å². The zero-order valence-corrected chi connectivity index (χ0v) is 13.6. The summed E-state index contributed by atoms with van der Waals surface area (Å²) in [4.78, 5) is 24.6. The number of thiophene rings is 1. The van der Waals surface area contributed by atoms with Gasteiger partial charge >= 0.3 is 5.97 Å². The molecule has 1 aromatic rings. The number of anilines is 1. The van der Waals surface area contributed by atoms with Crippen LogP contribution in [-0.4, -0.2) is 31.2 Å². The molecule has 0 fully saturated rings. The minimum atomic E-state index is -0.445. The summed E-state index contributed by atoms with van der Waals surface area (Å²) < 4.78 is 10.2. The molecular formula is C14H21NO4S. The zero-order chi connectivity index (χ0) is 15.5. The molecule has 112 valence electrons. The third-order valence-electron chi connectivity index (χ3n) is 2.66. The Morgan fingerprint density at radius 3 is 2.35 bits per heavy atom. The van der Waals surface area contributed by atoms with Crippen molar-refractivity contribution < 1.29 is 19.1 Å². The van der Waals surface area contributed by atoms with Crippen LogP contribution >= 0.6 is 11.3 Å². The number of aryl methyl sites for hydroxylation is 1. The predicted molar refractivity (Wildman–Crippen MR) is 79.5 cm³/mol. The molecule has 0 bridgehead atoms. The van der Waals surface area contributed by atoms with Gasteiger partial charge in [-0.2, -0.15) is 0 Å². The maximum absolute atomic E-state index is 11.9. The number of nitrogens with one attached hydrogen (secondary N) is 1. The van der Waals surface area contributed by atoms with Crippen LogP contribution in [0.3, 0.4) is 0 Å². The van der Waals surface area contributed by atoms with E-state index in [4.69, 9.17) is 9.47 Å². The van der Waals surface area contributed by atoms with Crippen LogP contribution in [0.1, 0.15) is 41.6 Å². The quantitative estimate of drug-likeness (QED) is 0.868. The molecule has 5 nitrogen and oxygen atoms in total. The molecule has 0 aliphatic heterocycles. The number of carbonyl (C=O) groups is 2. The van der Waals surface area contributed by atoms with Gasteiger partial charge in [0.05, 0.1) is 18.3 Å². The minimum Gasteiger partial charge on any atom is -0.465 e. The van der Waals surface area contributed by atoms with Gasteiger partial charge in [-0.1, -0.05) is 0 Å². The van der Waals surface area contributed by atoms with Gasteiger partial charge in [-0.05, 0) is 40.2 Å². The average Bonchev–Trinajstić information content (AvgIpc) is 2.61. The Labute approximate surface area is 123 Å². The monoisotopic (exact) mass is 299 g/mol. The molecule has 0 saturated heterocycles. The van der Waals surface area contributed by atoms with Crippen LogP contribution in [0.25, 0.3) is 0 Å². The molecule has 1 N–H and O–H groups in total. The molecule has 20 heavy (non-hydrogen) atoms. The Hall–Kier alpha value is -1.40. The highest BCUT2D eigenvalue weighted by Gasteiger charge is 2.22. The summed E-state index contributed by atoms with van der Waals surface area (Å²) in [6.07, 6.45) is 0. The third kappa shape index (κ3) is 4.31. The van der Waals surface area contributed by atoms with Gasteiger partial charge < -0.3 is 14.8 Å². The molecule has 0 saturated carbocycles. The number of amides is 1. The van der Waals surface area contributed by atoms with E-state index in [1.807, 2.05) is 34.6 Å². The minimum absolute atomic E-state index is 0.0554. The van der Waals surface area contributed by atoms with Crippen molar-refractivity contribution in [3.63, 3.8) is 0 Å². The molecule has 0 aliphatic carbocycles.